The SMILES string of the molecule is Cc1noc(C)c1CN1CCc2c(C(=O)NC3(CO)CCCC3)csc2C1. The Kier molecular flexibility index (Phi) is 5.09. The van der Waals surface area contributed by atoms with Crippen molar-refractivity contribution in [3.05, 3.63) is 38.4 Å². The van der Waals surface area contributed by atoms with Crippen molar-refractivity contribution in [2.45, 2.75) is 64.6 Å². The van der Waals surface area contributed by atoms with Gasteiger partial charge in [0.1, 0.15) is 5.76 Å². The molecule has 2 N–H and O–H groups in total. The van der Waals surface area contributed by atoms with Crippen LogP contribution in [0.3, 0.4) is 0 Å². The van der Waals surface area contributed by atoms with E-state index in [2.05, 4.69) is 15.4 Å². The minimum absolute atomic E-state index is 0.0241. The van der Waals surface area contributed by atoms with Crippen LogP contribution in [0.15, 0.2) is 9.90 Å². The molecule has 0 bridgehead atoms. The van der Waals surface area contributed by atoms with Crippen molar-refractivity contribution in [2.24, 2.45) is 0 Å². The third-order valence-corrected chi connectivity index (χ3v) is 7.09. The van der Waals surface area contributed by atoms with Crippen LogP contribution in [0.25, 0.3) is 0 Å². The van der Waals surface area contributed by atoms with Crippen molar-refractivity contribution in [1.82, 2.24) is 15.4 Å². The van der Waals surface area contributed by atoms with Crippen molar-refractivity contribution in [1.29, 1.82) is 0 Å². The van der Waals surface area contributed by atoms with Crippen molar-refractivity contribution < 1.29 is 14.4 Å². The van der Waals surface area contributed by atoms with Crippen LogP contribution >= 0.6 is 11.3 Å². The van der Waals surface area contributed by atoms with Crippen molar-refractivity contribution in [3.8, 4) is 0 Å². The van der Waals surface area contributed by atoms with E-state index in [-0.39, 0.29) is 12.5 Å². The number of fused-ring (bicyclic) bond motifs is 1. The fourth-order valence-electron chi connectivity index (χ4n) is 4.34. The van der Waals surface area contributed by atoms with E-state index in [0.29, 0.717) is 0 Å². The van der Waals surface area contributed by atoms with Crippen LogP contribution in [0.4, 0.5) is 0 Å². The first-order valence-electron chi connectivity index (χ1n) is 9.68. The summed E-state index contributed by atoms with van der Waals surface area (Å²) in [6.07, 6.45) is 4.75. The van der Waals surface area contributed by atoms with Crippen molar-refractivity contribution >= 4 is 17.2 Å². The van der Waals surface area contributed by atoms with E-state index in [1.165, 1.54) is 16.0 Å². The predicted molar refractivity (Wildman–Crippen MR) is 104 cm³/mol. The monoisotopic (exact) mass is 389 g/mol. The lowest BCUT2D eigenvalue weighted by Gasteiger charge is -2.29. The van der Waals surface area contributed by atoms with E-state index in [9.17, 15) is 9.90 Å². The molecule has 2 aliphatic rings. The summed E-state index contributed by atoms with van der Waals surface area (Å²) in [6, 6.07) is 0. The maximum atomic E-state index is 12.9. The van der Waals surface area contributed by atoms with Gasteiger partial charge in [-0.1, -0.05) is 18.0 Å². The molecule has 0 atom stereocenters. The number of hydrogen-bond acceptors (Lipinski definition) is 6. The van der Waals surface area contributed by atoms with E-state index >= 15 is 0 Å². The number of aromatic nitrogens is 1. The van der Waals surface area contributed by atoms with E-state index < -0.39 is 5.54 Å². The lowest BCUT2D eigenvalue weighted by Crippen LogP contribution is -2.49. The number of carbonyl (C=O) groups is 1. The molecule has 27 heavy (non-hydrogen) atoms. The maximum absolute atomic E-state index is 12.9. The van der Waals surface area contributed by atoms with Gasteiger partial charge in [-0.25, -0.2) is 0 Å². The molecule has 2 aromatic rings. The molecule has 1 saturated carbocycles. The number of nitrogens with zero attached hydrogens (tertiary/aromatic N) is 2. The van der Waals surface area contributed by atoms with Gasteiger partial charge in [0.25, 0.3) is 5.91 Å². The van der Waals surface area contributed by atoms with Gasteiger partial charge in [0, 0.05) is 35.5 Å². The smallest absolute Gasteiger partial charge is 0.252 e. The largest absolute Gasteiger partial charge is 0.394 e. The van der Waals surface area contributed by atoms with Gasteiger partial charge in [0.2, 0.25) is 0 Å². The average Bonchev–Trinajstić information content (AvgIpc) is 3.37. The van der Waals surface area contributed by atoms with Gasteiger partial charge in [0.15, 0.2) is 0 Å². The summed E-state index contributed by atoms with van der Waals surface area (Å²) < 4.78 is 5.28. The Hall–Kier alpha value is -1.70. The summed E-state index contributed by atoms with van der Waals surface area (Å²) in [6.45, 7) is 6.55. The Morgan fingerprint density at radius 2 is 2.19 bits per heavy atom. The van der Waals surface area contributed by atoms with Crippen LogP contribution in [-0.4, -0.2) is 39.8 Å². The topological polar surface area (TPSA) is 78.6 Å². The molecule has 1 aliphatic carbocycles. The standard InChI is InChI=1S/C20H27N3O3S/c1-13-16(14(2)26-22-13)9-23-8-5-15-17(11-27-18(15)10-23)19(25)21-20(12-24)6-3-4-7-20/h11,24H,3-10,12H2,1-2H3,(H,21,25). The van der Waals surface area contributed by atoms with Gasteiger partial charge in [-0.05, 0) is 38.7 Å². The highest BCUT2D eigenvalue weighted by Gasteiger charge is 2.36. The van der Waals surface area contributed by atoms with Crippen LogP contribution in [-0.2, 0) is 19.5 Å². The molecular formula is C20H27N3O3S. The fourth-order valence-corrected chi connectivity index (χ4v) is 5.46. The zero-order chi connectivity index (χ0) is 19.0. The summed E-state index contributed by atoms with van der Waals surface area (Å²) in [5, 5.41) is 18.9. The number of aliphatic hydroxyl groups excluding tert-OH is 1. The molecular weight excluding hydrogens is 362 g/mol. The highest BCUT2D eigenvalue weighted by molar-refractivity contribution is 7.10. The second-order valence-corrected chi connectivity index (χ2v) is 8.88. The number of amides is 1. The summed E-state index contributed by atoms with van der Waals surface area (Å²) in [7, 11) is 0. The molecule has 7 heteroatoms. The number of nitrogens with one attached hydrogen (secondary N) is 1. The molecule has 0 aromatic carbocycles. The van der Waals surface area contributed by atoms with Crippen LogP contribution in [0, 0.1) is 13.8 Å². The first kappa shape index (κ1) is 18.7. The molecule has 3 heterocycles. The number of aryl methyl sites for hydroxylation is 2. The second kappa shape index (κ2) is 7.37. The summed E-state index contributed by atoms with van der Waals surface area (Å²) in [5.41, 5.74) is 3.68. The van der Waals surface area contributed by atoms with Crippen LogP contribution in [0.2, 0.25) is 0 Å². The predicted octanol–water partition coefficient (Wildman–Crippen LogP) is 2.95. The third-order valence-electron chi connectivity index (χ3n) is 6.08. The fraction of sp³-hybridized carbons (Fsp3) is 0.600. The first-order chi connectivity index (χ1) is 13.0. The van der Waals surface area contributed by atoms with Gasteiger partial charge >= 0.3 is 0 Å². The van der Waals surface area contributed by atoms with Gasteiger partial charge < -0.3 is 14.9 Å². The van der Waals surface area contributed by atoms with Crippen LogP contribution < -0.4 is 5.32 Å². The normalized spacial score (nSPS) is 19.2. The minimum atomic E-state index is -0.421. The Labute approximate surface area is 163 Å². The zero-order valence-corrected chi connectivity index (χ0v) is 16.8. The van der Waals surface area contributed by atoms with E-state index in [4.69, 9.17) is 4.52 Å². The van der Waals surface area contributed by atoms with Gasteiger partial charge in [-0.2, -0.15) is 0 Å². The van der Waals surface area contributed by atoms with Gasteiger partial charge in [-0.3, -0.25) is 9.69 Å². The maximum Gasteiger partial charge on any atom is 0.252 e. The van der Waals surface area contributed by atoms with Crippen molar-refractivity contribution in [2.75, 3.05) is 13.2 Å². The molecule has 6 nitrogen and oxygen atoms in total. The average molecular weight is 390 g/mol. The first-order valence-corrected chi connectivity index (χ1v) is 10.6. The van der Waals surface area contributed by atoms with E-state index in [1.54, 1.807) is 11.3 Å². The van der Waals surface area contributed by atoms with E-state index in [0.717, 1.165) is 68.8 Å². The summed E-state index contributed by atoms with van der Waals surface area (Å²) in [5.74, 6) is 0.859. The molecule has 4 rings (SSSR count). The lowest BCUT2D eigenvalue weighted by molar-refractivity contribution is 0.0837. The number of carbonyl (C=O) groups excluding carboxylic acids is 1. The second-order valence-electron chi connectivity index (χ2n) is 7.91. The van der Waals surface area contributed by atoms with Crippen LogP contribution in [0.5, 0.6) is 0 Å². The number of hydrogen-bond donors (Lipinski definition) is 2. The zero-order valence-electron chi connectivity index (χ0n) is 16.0. The van der Waals surface area contributed by atoms with Crippen LogP contribution in [0.1, 0.15) is 63.5 Å². The summed E-state index contributed by atoms with van der Waals surface area (Å²) >= 11 is 1.67. The van der Waals surface area contributed by atoms with Gasteiger partial charge in [-0.15, -0.1) is 11.3 Å². The quantitative estimate of drug-likeness (QED) is 0.822. The highest BCUT2D eigenvalue weighted by Crippen LogP contribution is 2.33. The third kappa shape index (κ3) is 3.56. The molecule has 0 unspecified atom stereocenters. The Morgan fingerprint density at radius 1 is 1.41 bits per heavy atom. The lowest BCUT2D eigenvalue weighted by atomic mass is 9.97. The number of aliphatic hydroxyl groups is 1. The molecule has 1 aliphatic heterocycles. The molecule has 1 amide bonds. The Bertz CT molecular complexity index is 816. The highest BCUT2D eigenvalue weighted by atomic mass is 32.1. The molecule has 146 valence electrons. The Balaban J connectivity index is 1.46. The minimum Gasteiger partial charge on any atom is -0.394 e. The Morgan fingerprint density at radius 3 is 2.85 bits per heavy atom. The number of rotatable bonds is 5. The number of thiophene rings is 1. The molecule has 0 saturated heterocycles. The molecule has 0 spiro atoms. The van der Waals surface area contributed by atoms with Crippen molar-refractivity contribution in [3.63, 3.8) is 0 Å². The molecule has 2 aromatic heterocycles. The molecule has 1 fully saturated rings. The molecule has 0 radical (unpaired) electrons. The van der Waals surface area contributed by atoms with E-state index in [1.807, 2.05) is 19.2 Å². The summed E-state index contributed by atoms with van der Waals surface area (Å²) in [4.78, 5) is 16.5. The van der Waals surface area contributed by atoms with Gasteiger partial charge in [0.05, 0.1) is 23.4 Å².